The van der Waals surface area contributed by atoms with E-state index in [2.05, 4.69) is 58.2 Å². The molecule has 2 heterocycles. The number of nitrogens with two attached hydrogens (primary N) is 1. The molecule has 1 saturated heterocycles. The minimum Gasteiger partial charge on any atom is -0.508 e. The highest BCUT2D eigenvalue weighted by Crippen LogP contribution is 2.24. The topological polar surface area (TPSA) is 509 Å². The van der Waals surface area contributed by atoms with Crippen molar-refractivity contribution < 1.29 is 92.0 Å². The zero-order valence-corrected chi connectivity index (χ0v) is 74.9. The number of likely N-dealkylation sites (N-methyl/N-ethyl adjacent to an activating group) is 4. The third kappa shape index (κ3) is 31.1. The molecule has 0 spiro atoms. The molecule has 11 unspecified atom stereocenters. The molecular formula is C93H118N16O19S. The summed E-state index contributed by atoms with van der Waals surface area (Å²) in [6.07, 6.45) is 0.0550. The number of H-pyrrole nitrogens is 1. The lowest BCUT2D eigenvalue weighted by molar-refractivity contribution is -0.151. The number of aromatic hydroxyl groups is 2. The Kier molecular flexibility index (Phi) is 38.2. The molecule has 0 saturated carbocycles. The smallest absolute Gasteiger partial charge is 0.305 e. The Labute approximate surface area is 753 Å². The standard InChI is InChI=1S/C93H118N16O19S/c1-11-12-30-75-92(127)107(8)51-79(114)98-71(47-81(116)117)88(123)105-82(55(4)5)89(124)102-69(44-61-27-21-22-56(6)40-61)86(121)103-72(43-60-33-37-64(111)38-34-60)90(125)106(7)50-78(113)97-70(46-62-48-95-66-29-20-19-28-65(62)66)87(122)101-68(41-59-31-35-63(110)36-32-59)85(120)100-67(39-54(2)3)84(119)104-74(83(118)96-49-77(94)112)52-129-53-80(115)99-73(42-57-23-15-13-16-24-57)91(126)109(10)76(93(128)108(75)9)45-58-25-17-14-18-26-58/h13-29,31-38,40,48,54-55,67-76,82,95,110-111H,11-12,30,39,41-47,49-53H2,1-10H3,(H2,94,112)(H,96,118)(H,97,113)(H,98,114)(H,99,115)(H,100,120)(H,101,122)(H,102,124)(H,103,121)(H,104,119)(H,105,123)(H,116,117). The summed E-state index contributed by atoms with van der Waals surface area (Å²) in [4.78, 5) is 242. The first-order valence-corrected chi connectivity index (χ1v) is 43.8. The maximum atomic E-state index is 15.5. The number of phenols is 2. The summed E-state index contributed by atoms with van der Waals surface area (Å²) in [5.41, 5.74) is 9.86. The Morgan fingerprint density at radius 1 is 0.481 bits per heavy atom. The number of aliphatic carboxylic acids is 1. The van der Waals surface area contributed by atoms with E-state index in [1.807, 2.05) is 6.92 Å². The number of aryl methyl sites for hydroxylation is 1. The number of aromatic amines is 1. The number of hydrogen-bond donors (Lipinski definition) is 15. The number of fused-ring (bicyclic) bond motifs is 1. The third-order valence-electron chi connectivity index (χ3n) is 21.8. The molecule has 35 nitrogen and oxygen atoms in total. The summed E-state index contributed by atoms with van der Waals surface area (Å²) < 4.78 is 0. The van der Waals surface area contributed by atoms with E-state index in [0.717, 1.165) is 27.1 Å². The van der Waals surface area contributed by atoms with Crippen LogP contribution in [0, 0.1) is 18.8 Å². The van der Waals surface area contributed by atoms with Crippen LogP contribution in [-0.4, -0.2) is 260 Å². The minimum absolute atomic E-state index is 0.0291. The van der Waals surface area contributed by atoms with Gasteiger partial charge in [0.15, 0.2) is 0 Å². The summed E-state index contributed by atoms with van der Waals surface area (Å²) >= 11 is 0.829. The second-order valence-electron chi connectivity index (χ2n) is 33.2. The predicted octanol–water partition coefficient (Wildman–Crippen LogP) is 2.29. The van der Waals surface area contributed by atoms with Crippen LogP contribution >= 0.6 is 11.8 Å². The van der Waals surface area contributed by atoms with Crippen LogP contribution in [-0.2, 0) is 115 Å². The molecule has 36 heteroatoms. The summed E-state index contributed by atoms with van der Waals surface area (Å²) in [6, 6.07) is 25.6. The molecule has 0 bridgehead atoms. The number of carboxylic acid groups (broad SMARTS) is 1. The normalized spacial score (nSPS) is 21.8. The fourth-order valence-corrected chi connectivity index (χ4v) is 15.8. The van der Waals surface area contributed by atoms with Gasteiger partial charge in [0.1, 0.15) is 78.0 Å². The van der Waals surface area contributed by atoms with Gasteiger partial charge in [0.2, 0.25) is 88.6 Å². The number of nitrogens with zero attached hydrogens (tertiary/aromatic N) is 4. The highest BCUT2D eigenvalue weighted by Gasteiger charge is 2.41. The van der Waals surface area contributed by atoms with Crippen molar-refractivity contribution in [2.75, 3.05) is 59.3 Å². The number of carbonyl (C=O) groups is 16. The fraction of sp³-hybridized carbons (Fsp3) is 0.419. The number of nitrogens with one attached hydrogen (secondary N) is 11. The molecule has 0 aliphatic carbocycles. The van der Waals surface area contributed by atoms with Crippen LogP contribution in [0.2, 0.25) is 0 Å². The lowest BCUT2D eigenvalue weighted by Crippen LogP contribution is -2.61. The van der Waals surface area contributed by atoms with Gasteiger partial charge >= 0.3 is 5.97 Å². The van der Waals surface area contributed by atoms with E-state index < -0.39 is 199 Å². The quantitative estimate of drug-likeness (QED) is 0.0437. The van der Waals surface area contributed by atoms with Crippen LogP contribution in [0.15, 0.2) is 164 Å². The first-order chi connectivity index (χ1) is 61.3. The van der Waals surface area contributed by atoms with Crippen molar-refractivity contribution in [1.82, 2.24) is 77.8 Å². The van der Waals surface area contributed by atoms with E-state index in [-0.39, 0.29) is 74.5 Å². The van der Waals surface area contributed by atoms with Crippen molar-refractivity contribution in [3.63, 3.8) is 0 Å². The van der Waals surface area contributed by atoms with Gasteiger partial charge < -0.3 is 98.8 Å². The molecule has 0 radical (unpaired) electrons. The third-order valence-corrected chi connectivity index (χ3v) is 22.9. The largest absolute Gasteiger partial charge is 0.508 e. The van der Waals surface area contributed by atoms with Crippen LogP contribution in [0.1, 0.15) is 106 Å². The number of rotatable bonds is 23. The second kappa shape index (κ2) is 48.9. The molecule has 8 rings (SSSR count). The molecule has 1 aromatic heterocycles. The van der Waals surface area contributed by atoms with Gasteiger partial charge in [-0.2, -0.15) is 0 Å². The number of unbranched alkanes of at least 4 members (excludes halogenated alkanes) is 1. The molecule has 6 aromatic carbocycles. The van der Waals surface area contributed by atoms with E-state index in [0.29, 0.717) is 57.1 Å². The van der Waals surface area contributed by atoms with Crippen molar-refractivity contribution in [2.45, 2.75) is 179 Å². The number of carboxylic acids is 1. The van der Waals surface area contributed by atoms with E-state index in [1.54, 1.807) is 150 Å². The van der Waals surface area contributed by atoms with Gasteiger partial charge in [-0.15, -0.1) is 11.8 Å². The second-order valence-corrected chi connectivity index (χ2v) is 34.2. The molecule has 11 atom stereocenters. The zero-order chi connectivity index (χ0) is 94.3. The van der Waals surface area contributed by atoms with E-state index in [9.17, 15) is 63.3 Å². The Morgan fingerprint density at radius 2 is 0.946 bits per heavy atom. The Bertz CT molecular complexity index is 5100. The molecule has 690 valence electrons. The Hall–Kier alpha value is -13.7. The van der Waals surface area contributed by atoms with Crippen LogP contribution < -0.4 is 58.9 Å². The number of thioether (sulfide) groups is 1. The van der Waals surface area contributed by atoms with Gasteiger partial charge in [0, 0.05) is 89.6 Å². The van der Waals surface area contributed by atoms with Crippen LogP contribution in [0.4, 0.5) is 0 Å². The van der Waals surface area contributed by atoms with Gasteiger partial charge in [0.05, 0.1) is 31.8 Å². The van der Waals surface area contributed by atoms with Gasteiger partial charge in [-0.3, -0.25) is 76.7 Å². The van der Waals surface area contributed by atoms with Crippen LogP contribution in [0.3, 0.4) is 0 Å². The van der Waals surface area contributed by atoms with Gasteiger partial charge in [-0.1, -0.05) is 180 Å². The highest BCUT2D eigenvalue weighted by atomic mass is 32.2. The van der Waals surface area contributed by atoms with Crippen molar-refractivity contribution in [3.05, 3.63) is 203 Å². The van der Waals surface area contributed by atoms with Gasteiger partial charge in [-0.25, -0.2) is 0 Å². The number of primary amides is 1. The minimum atomic E-state index is -1.91. The van der Waals surface area contributed by atoms with Crippen molar-refractivity contribution >= 4 is 117 Å². The highest BCUT2D eigenvalue weighted by molar-refractivity contribution is 8.00. The molecule has 16 N–H and O–H groups in total. The van der Waals surface area contributed by atoms with Crippen LogP contribution in [0.25, 0.3) is 10.9 Å². The average molecular weight is 1800 g/mol. The number of para-hydroxylation sites is 1. The van der Waals surface area contributed by atoms with Gasteiger partial charge in [0.25, 0.3) is 0 Å². The number of amides is 15. The Morgan fingerprint density at radius 3 is 1.50 bits per heavy atom. The lowest BCUT2D eigenvalue weighted by Gasteiger charge is -2.37. The van der Waals surface area contributed by atoms with Crippen LogP contribution in [0.5, 0.6) is 11.5 Å². The maximum absolute atomic E-state index is 15.5. The summed E-state index contributed by atoms with van der Waals surface area (Å²) in [7, 11) is 5.25. The van der Waals surface area contributed by atoms with Crippen molar-refractivity contribution in [3.8, 4) is 11.5 Å². The molecule has 7 aromatic rings. The van der Waals surface area contributed by atoms with E-state index in [4.69, 9.17) is 5.73 Å². The molecule has 1 aliphatic heterocycles. The average Bonchev–Trinajstić information content (AvgIpc) is 1.77. The number of benzene rings is 6. The SMILES string of the molecule is CCCCC1C(=O)N(C)CC(=O)NC(CC(=O)O)C(=O)NC(C(C)C)C(=O)NC(Cc2cccc(C)c2)C(=O)NC(Cc2ccc(O)cc2)C(=O)N(C)CC(=O)NC(Cc2c[nH]c3ccccc23)C(=O)NC(Cc2ccc(O)cc2)C(=O)NC(CC(C)C)C(=O)NC(C(=O)NCC(N)=O)CSCC(=O)NC(Cc2ccccc2)C(=O)N(C)C(Cc2ccccc2)C(=O)N1C. The number of phenolic OH excluding ortho intramolecular Hbond substituents is 2. The first-order valence-electron chi connectivity index (χ1n) is 42.7. The molecule has 15 amide bonds. The molecule has 1 aliphatic rings. The monoisotopic (exact) mass is 1790 g/mol. The van der Waals surface area contributed by atoms with Crippen molar-refractivity contribution in [2.24, 2.45) is 17.6 Å². The summed E-state index contributed by atoms with van der Waals surface area (Å²) in [6.45, 7) is 7.92. The number of carbonyl (C=O) groups excluding carboxylic acids is 15. The number of hydrogen-bond acceptors (Lipinski definition) is 19. The van der Waals surface area contributed by atoms with Gasteiger partial charge in [-0.05, 0) is 95.3 Å². The molecule has 1 fully saturated rings. The van der Waals surface area contributed by atoms with E-state index >= 15 is 28.8 Å². The lowest BCUT2D eigenvalue weighted by atomic mass is 9.99. The fourth-order valence-electron chi connectivity index (χ4n) is 14.9. The summed E-state index contributed by atoms with van der Waals surface area (Å²) in [5, 5.41) is 58.2. The Balaban J connectivity index is 1.21. The molecule has 129 heavy (non-hydrogen) atoms. The number of aromatic nitrogens is 1. The summed E-state index contributed by atoms with van der Waals surface area (Å²) in [5.74, 6) is -17.6. The zero-order valence-electron chi connectivity index (χ0n) is 74.1. The first kappa shape index (κ1) is 101. The molecular weight excluding hydrogens is 1680 g/mol. The van der Waals surface area contributed by atoms with Crippen molar-refractivity contribution in [1.29, 1.82) is 0 Å². The maximum Gasteiger partial charge on any atom is 0.305 e. The predicted molar refractivity (Wildman–Crippen MR) is 482 cm³/mol. The van der Waals surface area contributed by atoms with E-state index in [1.165, 1.54) is 86.5 Å².